The van der Waals surface area contributed by atoms with Gasteiger partial charge in [0.1, 0.15) is 0 Å². The summed E-state index contributed by atoms with van der Waals surface area (Å²) in [6, 6.07) is 0. The highest BCUT2D eigenvalue weighted by molar-refractivity contribution is 5.92. The van der Waals surface area contributed by atoms with Crippen LogP contribution in [0.5, 0.6) is 0 Å². The van der Waals surface area contributed by atoms with Gasteiger partial charge in [-0.3, -0.25) is 9.59 Å². The van der Waals surface area contributed by atoms with Gasteiger partial charge < -0.3 is 10.2 Å². The summed E-state index contributed by atoms with van der Waals surface area (Å²) in [7, 11) is 0. The van der Waals surface area contributed by atoms with Gasteiger partial charge in [0.15, 0.2) is 5.92 Å². The van der Waals surface area contributed by atoms with Crippen molar-refractivity contribution in [2.75, 3.05) is 0 Å². The number of carboxylic acid groups (broad SMARTS) is 2. The van der Waals surface area contributed by atoms with Crippen molar-refractivity contribution < 1.29 is 19.8 Å². The molecule has 4 heteroatoms. The Morgan fingerprint density at radius 3 is 1.92 bits per heavy atom. The summed E-state index contributed by atoms with van der Waals surface area (Å²) >= 11 is 0. The standard InChI is InChI=1S/C8H14O4.CH4/c1-2-3-4-5-6(7(9)10)8(11)12;/h6H,2-5H2,1H3,(H,9,10)(H,11,12);1H4. The molecule has 0 aromatic carbocycles. The molecule has 0 aromatic rings. The molecule has 0 saturated carbocycles. The molecule has 0 spiro atoms. The van der Waals surface area contributed by atoms with Crippen LogP contribution in [0.1, 0.15) is 40.0 Å². The highest BCUT2D eigenvalue weighted by Crippen LogP contribution is 2.10. The van der Waals surface area contributed by atoms with Gasteiger partial charge in [-0.1, -0.05) is 33.6 Å². The molecular weight excluding hydrogens is 172 g/mol. The SMILES string of the molecule is C.CCCCCC(C(=O)O)C(=O)O. The minimum atomic E-state index is -1.24. The summed E-state index contributed by atoms with van der Waals surface area (Å²) in [6.07, 6.45) is 2.75. The average molecular weight is 190 g/mol. The van der Waals surface area contributed by atoms with Crippen LogP contribution in [0.25, 0.3) is 0 Å². The highest BCUT2D eigenvalue weighted by atomic mass is 16.4. The van der Waals surface area contributed by atoms with Crippen LogP contribution in [0.3, 0.4) is 0 Å². The number of carbonyl (C=O) groups is 2. The Bertz CT molecular complexity index is 151. The lowest BCUT2D eigenvalue weighted by Crippen LogP contribution is -2.23. The predicted molar refractivity (Wildman–Crippen MR) is 49.6 cm³/mol. The molecule has 0 radical (unpaired) electrons. The van der Waals surface area contributed by atoms with E-state index in [4.69, 9.17) is 10.2 Å². The van der Waals surface area contributed by atoms with E-state index in [9.17, 15) is 9.59 Å². The third-order valence-electron chi connectivity index (χ3n) is 1.69. The molecule has 0 aliphatic carbocycles. The van der Waals surface area contributed by atoms with Gasteiger partial charge in [0, 0.05) is 0 Å². The van der Waals surface area contributed by atoms with Crippen molar-refractivity contribution in [1.82, 2.24) is 0 Å². The van der Waals surface area contributed by atoms with Crippen LogP contribution >= 0.6 is 0 Å². The first-order chi connectivity index (χ1) is 5.59. The summed E-state index contributed by atoms with van der Waals surface area (Å²) < 4.78 is 0. The van der Waals surface area contributed by atoms with Crippen molar-refractivity contribution in [2.45, 2.75) is 40.0 Å². The summed E-state index contributed by atoms with van der Waals surface area (Å²) in [5.41, 5.74) is 0. The molecule has 0 aromatic heterocycles. The van der Waals surface area contributed by atoms with E-state index in [1.807, 2.05) is 6.92 Å². The normalized spacial score (nSPS) is 9.38. The van der Waals surface area contributed by atoms with E-state index < -0.39 is 17.9 Å². The van der Waals surface area contributed by atoms with Gasteiger partial charge in [-0.15, -0.1) is 0 Å². The van der Waals surface area contributed by atoms with Crippen molar-refractivity contribution >= 4 is 11.9 Å². The fourth-order valence-corrected chi connectivity index (χ4v) is 0.951. The zero-order valence-electron chi connectivity index (χ0n) is 7.12. The van der Waals surface area contributed by atoms with Crippen molar-refractivity contribution in [3.05, 3.63) is 0 Å². The summed E-state index contributed by atoms with van der Waals surface area (Å²) in [6.45, 7) is 1.98. The van der Waals surface area contributed by atoms with E-state index in [0.717, 1.165) is 12.8 Å². The zero-order chi connectivity index (χ0) is 9.56. The van der Waals surface area contributed by atoms with E-state index in [1.54, 1.807) is 0 Å². The van der Waals surface area contributed by atoms with E-state index >= 15 is 0 Å². The van der Waals surface area contributed by atoms with Gasteiger partial charge in [0.05, 0.1) is 0 Å². The number of unbranched alkanes of at least 4 members (excludes halogenated alkanes) is 2. The van der Waals surface area contributed by atoms with E-state index in [1.165, 1.54) is 0 Å². The van der Waals surface area contributed by atoms with Gasteiger partial charge in [-0.2, -0.15) is 0 Å². The van der Waals surface area contributed by atoms with Gasteiger partial charge in [-0.25, -0.2) is 0 Å². The molecule has 4 nitrogen and oxygen atoms in total. The molecule has 0 atom stereocenters. The molecule has 0 unspecified atom stereocenters. The smallest absolute Gasteiger partial charge is 0.317 e. The van der Waals surface area contributed by atoms with Crippen LogP contribution < -0.4 is 0 Å². The Hall–Kier alpha value is -1.06. The van der Waals surface area contributed by atoms with Gasteiger partial charge in [0.25, 0.3) is 0 Å². The summed E-state index contributed by atoms with van der Waals surface area (Å²) in [5, 5.41) is 16.9. The first-order valence-corrected chi connectivity index (χ1v) is 4.05. The third kappa shape index (κ3) is 6.13. The quantitative estimate of drug-likeness (QED) is 0.496. The molecule has 0 fully saturated rings. The molecule has 0 amide bonds. The maximum atomic E-state index is 10.4. The Balaban J connectivity index is 0. The molecule has 0 heterocycles. The molecule has 0 aliphatic heterocycles. The van der Waals surface area contributed by atoms with Crippen LogP contribution in [0, 0.1) is 5.92 Å². The summed E-state index contributed by atoms with van der Waals surface area (Å²) in [4.78, 5) is 20.7. The van der Waals surface area contributed by atoms with Crippen molar-refractivity contribution in [3.63, 3.8) is 0 Å². The number of hydrogen-bond acceptors (Lipinski definition) is 2. The Labute approximate surface area is 78.6 Å². The zero-order valence-corrected chi connectivity index (χ0v) is 7.12. The topological polar surface area (TPSA) is 74.6 Å². The number of carboxylic acids is 2. The molecule has 0 rings (SSSR count). The second-order valence-corrected chi connectivity index (χ2v) is 2.72. The first-order valence-electron chi connectivity index (χ1n) is 4.05. The van der Waals surface area contributed by atoms with E-state index in [-0.39, 0.29) is 13.8 Å². The van der Waals surface area contributed by atoms with Crippen molar-refractivity contribution in [1.29, 1.82) is 0 Å². The maximum absolute atomic E-state index is 10.4. The highest BCUT2D eigenvalue weighted by Gasteiger charge is 2.24. The fourth-order valence-electron chi connectivity index (χ4n) is 0.951. The molecule has 0 bridgehead atoms. The molecule has 2 N–H and O–H groups in total. The van der Waals surface area contributed by atoms with Gasteiger partial charge in [0.2, 0.25) is 0 Å². The van der Waals surface area contributed by atoms with Gasteiger partial charge >= 0.3 is 11.9 Å². The average Bonchev–Trinajstić information content (AvgIpc) is 1.96. The Morgan fingerprint density at radius 1 is 1.15 bits per heavy atom. The van der Waals surface area contributed by atoms with Crippen molar-refractivity contribution in [2.24, 2.45) is 5.92 Å². The second-order valence-electron chi connectivity index (χ2n) is 2.72. The van der Waals surface area contributed by atoms with E-state index in [2.05, 4.69) is 0 Å². The van der Waals surface area contributed by atoms with Gasteiger partial charge in [-0.05, 0) is 6.42 Å². The Morgan fingerprint density at radius 2 is 1.62 bits per heavy atom. The largest absolute Gasteiger partial charge is 0.481 e. The lowest BCUT2D eigenvalue weighted by atomic mass is 10.0. The van der Waals surface area contributed by atoms with Crippen LogP contribution in [-0.2, 0) is 9.59 Å². The van der Waals surface area contributed by atoms with E-state index in [0.29, 0.717) is 6.42 Å². The lowest BCUT2D eigenvalue weighted by molar-refractivity contribution is -0.154. The minimum absolute atomic E-state index is 0. The van der Waals surface area contributed by atoms with Crippen LogP contribution in [0.2, 0.25) is 0 Å². The van der Waals surface area contributed by atoms with Crippen molar-refractivity contribution in [3.8, 4) is 0 Å². The molecule has 78 valence electrons. The van der Waals surface area contributed by atoms with Crippen LogP contribution in [0.4, 0.5) is 0 Å². The predicted octanol–water partition coefficient (Wildman–Crippen LogP) is 1.99. The fraction of sp³-hybridized carbons (Fsp3) is 0.778. The number of rotatable bonds is 6. The Kier molecular flexibility index (Phi) is 8.44. The monoisotopic (exact) mass is 190 g/mol. The minimum Gasteiger partial charge on any atom is -0.481 e. The third-order valence-corrected chi connectivity index (χ3v) is 1.69. The second kappa shape index (κ2) is 7.58. The first kappa shape index (κ1) is 14.5. The lowest BCUT2D eigenvalue weighted by Gasteiger charge is -2.05. The molecule has 0 saturated heterocycles. The van der Waals surface area contributed by atoms with Crippen LogP contribution in [0.15, 0.2) is 0 Å². The molecular formula is C9H18O4. The number of aliphatic carboxylic acids is 2. The number of hydrogen-bond donors (Lipinski definition) is 2. The molecule has 0 aliphatic rings. The maximum Gasteiger partial charge on any atom is 0.317 e. The molecule has 13 heavy (non-hydrogen) atoms. The summed E-state index contributed by atoms with van der Waals surface area (Å²) in [5.74, 6) is -3.70. The van der Waals surface area contributed by atoms with Crippen LogP contribution in [-0.4, -0.2) is 22.2 Å².